The summed E-state index contributed by atoms with van der Waals surface area (Å²) in [5.41, 5.74) is -0.919. The molecule has 0 N–H and O–H groups in total. The van der Waals surface area contributed by atoms with E-state index >= 15 is 0 Å². The second-order valence-electron chi connectivity index (χ2n) is 11.5. The summed E-state index contributed by atoms with van der Waals surface area (Å²) in [5.74, 6) is 1.53. The average molecular weight is 451 g/mol. The number of amides is 2. The van der Waals surface area contributed by atoms with Gasteiger partial charge in [0.15, 0.2) is 0 Å². The van der Waals surface area contributed by atoms with Crippen LogP contribution in [0.25, 0.3) is 0 Å². The lowest BCUT2D eigenvalue weighted by Crippen LogP contribution is -2.36. The standard InChI is InChI=1S/2C12H19NO3/c2*1-12(2,3)16-11(15)13-6-8-4-5-10(14)9(8)7-13/h2*8-9H,4-7H2,1-3H3/t2*8-,9+/m10/s1. The molecule has 4 atom stereocenters. The van der Waals surface area contributed by atoms with Gasteiger partial charge >= 0.3 is 12.2 Å². The van der Waals surface area contributed by atoms with Crippen LogP contribution in [0.1, 0.15) is 67.2 Å². The molecule has 2 saturated heterocycles. The Balaban J connectivity index is 0.000000181. The first-order chi connectivity index (χ1) is 14.7. The van der Waals surface area contributed by atoms with Gasteiger partial charge in [0.25, 0.3) is 0 Å². The molecule has 2 saturated carbocycles. The summed E-state index contributed by atoms with van der Waals surface area (Å²) in [6, 6.07) is 0. The van der Waals surface area contributed by atoms with Crippen LogP contribution in [0.4, 0.5) is 9.59 Å². The minimum absolute atomic E-state index is 0.0764. The van der Waals surface area contributed by atoms with Crippen molar-refractivity contribution >= 4 is 23.8 Å². The van der Waals surface area contributed by atoms with Crippen LogP contribution in [0.5, 0.6) is 0 Å². The van der Waals surface area contributed by atoms with Crippen LogP contribution in [-0.2, 0) is 19.1 Å². The predicted octanol–water partition coefficient (Wildman–Crippen LogP) is 3.66. The molecule has 0 aromatic heterocycles. The zero-order chi connectivity index (χ0) is 23.8. The number of ether oxygens (including phenoxy) is 2. The van der Waals surface area contributed by atoms with Crippen molar-refractivity contribution in [3.63, 3.8) is 0 Å². The second kappa shape index (κ2) is 9.02. The second-order valence-corrected chi connectivity index (χ2v) is 11.5. The molecule has 8 heteroatoms. The fourth-order valence-corrected chi connectivity index (χ4v) is 5.03. The van der Waals surface area contributed by atoms with E-state index in [-0.39, 0.29) is 24.0 Å². The van der Waals surface area contributed by atoms with Crippen molar-refractivity contribution in [2.45, 2.75) is 78.4 Å². The van der Waals surface area contributed by atoms with Crippen molar-refractivity contribution in [1.29, 1.82) is 0 Å². The number of rotatable bonds is 0. The van der Waals surface area contributed by atoms with Gasteiger partial charge in [-0.15, -0.1) is 0 Å². The highest BCUT2D eigenvalue weighted by Crippen LogP contribution is 2.36. The first-order valence-corrected chi connectivity index (χ1v) is 11.7. The molecule has 32 heavy (non-hydrogen) atoms. The Kier molecular flexibility index (Phi) is 6.91. The van der Waals surface area contributed by atoms with Crippen molar-refractivity contribution in [3.8, 4) is 0 Å². The number of hydrogen-bond acceptors (Lipinski definition) is 6. The number of ketones is 2. The first kappa shape index (κ1) is 24.5. The molecule has 0 spiro atoms. The van der Waals surface area contributed by atoms with Crippen LogP contribution in [-0.4, -0.2) is 70.9 Å². The maximum atomic E-state index is 11.8. The van der Waals surface area contributed by atoms with Crippen molar-refractivity contribution in [3.05, 3.63) is 0 Å². The monoisotopic (exact) mass is 450 g/mol. The van der Waals surface area contributed by atoms with Crippen molar-refractivity contribution in [2.24, 2.45) is 23.7 Å². The highest BCUT2D eigenvalue weighted by Gasteiger charge is 2.45. The molecule has 180 valence electrons. The van der Waals surface area contributed by atoms with Gasteiger partial charge in [0, 0.05) is 50.9 Å². The number of likely N-dealkylation sites (tertiary alicyclic amines) is 2. The molecular weight excluding hydrogens is 412 g/mol. The highest BCUT2D eigenvalue weighted by atomic mass is 16.6. The minimum atomic E-state index is -0.460. The largest absolute Gasteiger partial charge is 0.444 e. The Bertz CT molecular complexity index is 701. The molecule has 2 aliphatic heterocycles. The Hall–Kier alpha value is -2.12. The summed E-state index contributed by atoms with van der Waals surface area (Å²) >= 11 is 0. The molecule has 0 aromatic carbocycles. The Morgan fingerprint density at radius 2 is 1.03 bits per heavy atom. The Labute approximate surface area is 191 Å². The number of carbonyl (C=O) groups excluding carboxylic acids is 4. The number of hydrogen-bond donors (Lipinski definition) is 0. The van der Waals surface area contributed by atoms with Crippen LogP contribution in [0, 0.1) is 23.7 Å². The van der Waals surface area contributed by atoms with Crippen LogP contribution in [0.15, 0.2) is 0 Å². The van der Waals surface area contributed by atoms with E-state index in [9.17, 15) is 19.2 Å². The van der Waals surface area contributed by atoms with Gasteiger partial charge in [-0.3, -0.25) is 9.59 Å². The fourth-order valence-electron chi connectivity index (χ4n) is 5.03. The van der Waals surface area contributed by atoms with Gasteiger partial charge in [-0.25, -0.2) is 9.59 Å². The molecule has 8 nitrogen and oxygen atoms in total. The van der Waals surface area contributed by atoms with Gasteiger partial charge in [0.2, 0.25) is 0 Å². The smallest absolute Gasteiger partial charge is 0.410 e. The van der Waals surface area contributed by atoms with Crippen molar-refractivity contribution < 1.29 is 28.7 Å². The summed E-state index contributed by atoms with van der Waals surface area (Å²) in [6.07, 6.45) is 2.69. The molecule has 0 unspecified atom stereocenters. The third-order valence-corrected chi connectivity index (χ3v) is 6.54. The zero-order valence-electron chi connectivity index (χ0n) is 20.3. The third-order valence-electron chi connectivity index (χ3n) is 6.54. The van der Waals surface area contributed by atoms with E-state index in [2.05, 4.69) is 0 Å². The maximum absolute atomic E-state index is 11.8. The van der Waals surface area contributed by atoms with E-state index < -0.39 is 11.2 Å². The predicted molar refractivity (Wildman–Crippen MR) is 118 cm³/mol. The lowest BCUT2D eigenvalue weighted by atomic mass is 10.0. The topological polar surface area (TPSA) is 93.2 Å². The molecule has 4 aliphatic rings. The normalized spacial score (nSPS) is 29.4. The molecule has 2 amide bonds. The highest BCUT2D eigenvalue weighted by molar-refractivity contribution is 5.85. The van der Waals surface area contributed by atoms with Crippen LogP contribution in [0.3, 0.4) is 0 Å². The molecule has 4 fully saturated rings. The van der Waals surface area contributed by atoms with Crippen LogP contribution >= 0.6 is 0 Å². The molecule has 2 heterocycles. The van der Waals surface area contributed by atoms with E-state index in [1.165, 1.54) is 0 Å². The number of carbonyl (C=O) groups is 4. The van der Waals surface area contributed by atoms with Crippen molar-refractivity contribution in [2.75, 3.05) is 26.2 Å². The zero-order valence-corrected chi connectivity index (χ0v) is 20.3. The Morgan fingerprint density at radius 3 is 1.31 bits per heavy atom. The fraction of sp³-hybridized carbons (Fsp3) is 0.833. The third kappa shape index (κ3) is 6.01. The van der Waals surface area contributed by atoms with E-state index in [1.807, 2.05) is 41.5 Å². The molecule has 0 bridgehead atoms. The van der Waals surface area contributed by atoms with E-state index in [1.54, 1.807) is 9.80 Å². The van der Waals surface area contributed by atoms with Gasteiger partial charge in [-0.05, 0) is 66.2 Å². The summed E-state index contributed by atoms with van der Waals surface area (Å²) in [7, 11) is 0. The van der Waals surface area contributed by atoms with E-state index in [4.69, 9.17) is 9.47 Å². The van der Waals surface area contributed by atoms with Crippen LogP contribution in [0.2, 0.25) is 0 Å². The van der Waals surface area contributed by atoms with Gasteiger partial charge in [0.1, 0.15) is 22.8 Å². The molecule has 0 aromatic rings. The van der Waals surface area contributed by atoms with Gasteiger partial charge in [-0.2, -0.15) is 0 Å². The number of Topliss-reactive ketones (excluding diaryl/α,β-unsaturated/α-hetero) is 2. The molecule has 0 radical (unpaired) electrons. The Morgan fingerprint density at radius 1 is 0.688 bits per heavy atom. The van der Waals surface area contributed by atoms with Crippen LogP contribution < -0.4 is 0 Å². The first-order valence-electron chi connectivity index (χ1n) is 11.7. The van der Waals surface area contributed by atoms with Gasteiger partial charge in [0.05, 0.1) is 0 Å². The number of nitrogens with zero attached hydrogens (tertiary/aromatic N) is 2. The van der Waals surface area contributed by atoms with E-state index in [0.29, 0.717) is 62.4 Å². The average Bonchev–Trinajstić information content (AvgIpc) is 3.37. The summed E-state index contributed by atoms with van der Waals surface area (Å²) < 4.78 is 10.6. The molecule has 2 aliphatic carbocycles. The molecule has 4 rings (SSSR count). The van der Waals surface area contributed by atoms with Crippen molar-refractivity contribution in [1.82, 2.24) is 9.80 Å². The maximum Gasteiger partial charge on any atom is 0.410 e. The molecular formula is C24H38N2O6. The minimum Gasteiger partial charge on any atom is -0.444 e. The lowest BCUT2D eigenvalue weighted by molar-refractivity contribution is -0.121. The quantitative estimate of drug-likeness (QED) is 0.559. The summed E-state index contributed by atoms with van der Waals surface area (Å²) in [4.78, 5) is 50.0. The summed E-state index contributed by atoms with van der Waals surface area (Å²) in [6.45, 7) is 13.6. The van der Waals surface area contributed by atoms with E-state index in [0.717, 1.165) is 12.8 Å². The lowest BCUT2D eigenvalue weighted by Gasteiger charge is -2.24. The summed E-state index contributed by atoms with van der Waals surface area (Å²) in [5, 5.41) is 0. The SMILES string of the molecule is CC(C)(C)OC(=O)N1C[C@@H]2CCC(=O)[C@@H]2C1.CC(C)(C)OC(=O)N1C[C@H]2CCC(=O)[C@H]2C1. The van der Waals surface area contributed by atoms with Gasteiger partial charge in [-0.1, -0.05) is 0 Å². The number of fused-ring (bicyclic) bond motifs is 2. The van der Waals surface area contributed by atoms with Gasteiger partial charge < -0.3 is 19.3 Å².